The second-order valence-corrected chi connectivity index (χ2v) is 4.14. The maximum atomic E-state index is 12.6. The number of ether oxygens (including phenoxy) is 2. The molecule has 2 aromatic rings. The van der Waals surface area contributed by atoms with Crippen molar-refractivity contribution in [1.29, 1.82) is 0 Å². The summed E-state index contributed by atoms with van der Waals surface area (Å²) in [6.07, 6.45) is -4.42. The number of rotatable bonds is 3. The minimum atomic E-state index is -4.42. The van der Waals surface area contributed by atoms with Gasteiger partial charge in [0.2, 0.25) is 0 Å². The summed E-state index contributed by atoms with van der Waals surface area (Å²) in [5.41, 5.74) is -0.458. The Morgan fingerprint density at radius 1 is 1.00 bits per heavy atom. The molecule has 0 bridgehead atoms. The van der Waals surface area contributed by atoms with Crippen molar-refractivity contribution in [2.24, 2.45) is 0 Å². The molecule has 0 fully saturated rings. The third-order valence-electron chi connectivity index (χ3n) is 2.67. The minimum Gasteiger partial charge on any atom is -0.465 e. The van der Waals surface area contributed by atoms with Gasteiger partial charge in [0, 0.05) is 0 Å². The van der Waals surface area contributed by atoms with Crippen LogP contribution < -0.4 is 4.74 Å². The van der Waals surface area contributed by atoms with E-state index in [1.54, 1.807) is 0 Å². The van der Waals surface area contributed by atoms with Crippen LogP contribution in [-0.4, -0.2) is 13.1 Å². The van der Waals surface area contributed by atoms with E-state index in [0.29, 0.717) is 11.3 Å². The predicted octanol–water partition coefficient (Wildman–Crippen LogP) is 4.28. The minimum absolute atomic E-state index is 0.0654. The lowest BCUT2D eigenvalue weighted by atomic mass is 10.2. The van der Waals surface area contributed by atoms with Crippen LogP contribution in [0.1, 0.15) is 15.9 Å². The van der Waals surface area contributed by atoms with Crippen LogP contribution >= 0.6 is 0 Å². The van der Waals surface area contributed by atoms with E-state index in [4.69, 9.17) is 4.74 Å². The molecule has 0 atom stereocenters. The summed E-state index contributed by atoms with van der Waals surface area (Å²) in [6.45, 7) is 0. The molecule has 0 N–H and O–H groups in total. The molecular weight excluding hydrogens is 285 g/mol. The highest BCUT2D eigenvalue weighted by Crippen LogP contribution is 2.32. The summed E-state index contributed by atoms with van der Waals surface area (Å²) in [5.74, 6) is -0.113. The molecule has 0 spiro atoms. The van der Waals surface area contributed by atoms with Gasteiger partial charge in [-0.15, -0.1) is 0 Å². The molecule has 0 unspecified atom stereocenters. The van der Waals surface area contributed by atoms with E-state index in [0.717, 1.165) is 12.1 Å². The Morgan fingerprint density at radius 3 is 2.24 bits per heavy atom. The number of alkyl halides is 3. The lowest BCUT2D eigenvalue weighted by molar-refractivity contribution is -0.137. The Labute approximate surface area is 118 Å². The zero-order valence-electron chi connectivity index (χ0n) is 11.0. The van der Waals surface area contributed by atoms with Crippen molar-refractivity contribution in [3.8, 4) is 11.5 Å². The average Bonchev–Trinajstić information content (AvgIpc) is 2.47. The number of methoxy groups -OCH3 is 1. The lowest BCUT2D eigenvalue weighted by Gasteiger charge is -2.10. The first-order chi connectivity index (χ1) is 9.90. The van der Waals surface area contributed by atoms with Crippen LogP contribution in [0.3, 0.4) is 0 Å². The first kappa shape index (κ1) is 14.9. The van der Waals surface area contributed by atoms with Crippen molar-refractivity contribution < 1.29 is 27.4 Å². The number of carbonyl (C=O) groups excluding carboxylic acids is 1. The van der Waals surface area contributed by atoms with Gasteiger partial charge in [-0.1, -0.05) is 6.07 Å². The van der Waals surface area contributed by atoms with Crippen molar-refractivity contribution in [1.82, 2.24) is 0 Å². The number of hydrogen-bond donors (Lipinski definition) is 0. The first-order valence-electron chi connectivity index (χ1n) is 5.93. The summed E-state index contributed by atoms with van der Waals surface area (Å²) < 4.78 is 47.6. The fraction of sp³-hybridized carbons (Fsp3) is 0.133. The maximum Gasteiger partial charge on any atom is 0.416 e. The molecule has 0 saturated heterocycles. The van der Waals surface area contributed by atoms with Gasteiger partial charge in [0.25, 0.3) is 0 Å². The van der Waals surface area contributed by atoms with Crippen LogP contribution in [0.4, 0.5) is 13.2 Å². The highest BCUT2D eigenvalue weighted by molar-refractivity contribution is 5.89. The van der Waals surface area contributed by atoms with Gasteiger partial charge in [-0.25, -0.2) is 4.79 Å². The molecule has 2 rings (SSSR count). The van der Waals surface area contributed by atoms with E-state index in [1.807, 2.05) is 0 Å². The van der Waals surface area contributed by atoms with Gasteiger partial charge in [-0.05, 0) is 42.5 Å². The van der Waals surface area contributed by atoms with Crippen molar-refractivity contribution >= 4 is 5.97 Å². The Balaban J connectivity index is 2.17. The maximum absolute atomic E-state index is 12.6. The second kappa shape index (κ2) is 5.87. The smallest absolute Gasteiger partial charge is 0.416 e. The van der Waals surface area contributed by atoms with Crippen LogP contribution in [0.25, 0.3) is 0 Å². The molecular formula is C15H11F3O3. The molecule has 0 saturated carbocycles. The number of halogens is 3. The van der Waals surface area contributed by atoms with Crippen LogP contribution in [0.2, 0.25) is 0 Å². The SMILES string of the molecule is COC(=O)c1ccc(Oc2cccc(C(F)(F)F)c2)cc1. The van der Waals surface area contributed by atoms with E-state index in [1.165, 1.54) is 43.5 Å². The zero-order chi connectivity index (χ0) is 15.5. The summed E-state index contributed by atoms with van der Waals surface area (Å²) in [7, 11) is 1.26. The number of esters is 1. The predicted molar refractivity (Wildman–Crippen MR) is 69.3 cm³/mol. The third-order valence-corrected chi connectivity index (χ3v) is 2.67. The monoisotopic (exact) mass is 296 g/mol. The van der Waals surface area contributed by atoms with Crippen molar-refractivity contribution in [3.63, 3.8) is 0 Å². The molecule has 0 amide bonds. The van der Waals surface area contributed by atoms with E-state index in [2.05, 4.69) is 4.74 Å². The Morgan fingerprint density at radius 2 is 1.67 bits per heavy atom. The number of hydrogen-bond acceptors (Lipinski definition) is 3. The normalized spacial score (nSPS) is 11.0. The van der Waals surface area contributed by atoms with E-state index < -0.39 is 17.7 Å². The molecule has 0 aromatic heterocycles. The van der Waals surface area contributed by atoms with Gasteiger partial charge in [0.15, 0.2) is 0 Å². The molecule has 6 heteroatoms. The Bertz CT molecular complexity index is 633. The quantitative estimate of drug-likeness (QED) is 0.793. The van der Waals surface area contributed by atoms with Crippen LogP contribution in [-0.2, 0) is 10.9 Å². The Kier molecular flexibility index (Phi) is 4.16. The molecule has 0 radical (unpaired) electrons. The molecule has 2 aromatic carbocycles. The summed E-state index contributed by atoms with van der Waals surface area (Å²) in [5, 5.41) is 0. The van der Waals surface area contributed by atoms with E-state index in [-0.39, 0.29) is 5.75 Å². The summed E-state index contributed by atoms with van der Waals surface area (Å²) in [4.78, 5) is 11.3. The molecule has 0 aliphatic carbocycles. The number of benzene rings is 2. The Hall–Kier alpha value is -2.50. The van der Waals surface area contributed by atoms with Crippen molar-refractivity contribution in [2.75, 3.05) is 7.11 Å². The van der Waals surface area contributed by atoms with Crippen LogP contribution in [0.15, 0.2) is 48.5 Å². The van der Waals surface area contributed by atoms with Gasteiger partial charge in [0.1, 0.15) is 11.5 Å². The van der Waals surface area contributed by atoms with Crippen LogP contribution in [0, 0.1) is 0 Å². The van der Waals surface area contributed by atoms with E-state index in [9.17, 15) is 18.0 Å². The zero-order valence-corrected chi connectivity index (χ0v) is 11.0. The standard InChI is InChI=1S/C15H11F3O3/c1-20-14(19)10-5-7-12(8-6-10)21-13-4-2-3-11(9-13)15(16,17)18/h2-9H,1H3. The lowest BCUT2D eigenvalue weighted by Crippen LogP contribution is -2.04. The summed E-state index contributed by atoms with van der Waals surface area (Å²) in [6, 6.07) is 10.5. The largest absolute Gasteiger partial charge is 0.465 e. The molecule has 3 nitrogen and oxygen atoms in total. The third kappa shape index (κ3) is 3.75. The molecule has 0 heterocycles. The van der Waals surface area contributed by atoms with E-state index >= 15 is 0 Å². The molecule has 21 heavy (non-hydrogen) atoms. The number of carbonyl (C=O) groups is 1. The van der Waals surface area contributed by atoms with Crippen LogP contribution in [0.5, 0.6) is 11.5 Å². The van der Waals surface area contributed by atoms with Gasteiger partial charge < -0.3 is 9.47 Å². The highest BCUT2D eigenvalue weighted by atomic mass is 19.4. The topological polar surface area (TPSA) is 35.5 Å². The fourth-order valence-electron chi connectivity index (χ4n) is 1.65. The van der Waals surface area contributed by atoms with Crippen molar-refractivity contribution in [3.05, 3.63) is 59.7 Å². The van der Waals surface area contributed by atoms with Gasteiger partial charge in [-0.2, -0.15) is 13.2 Å². The molecule has 0 aliphatic heterocycles. The highest BCUT2D eigenvalue weighted by Gasteiger charge is 2.30. The first-order valence-corrected chi connectivity index (χ1v) is 5.93. The van der Waals surface area contributed by atoms with Gasteiger partial charge >= 0.3 is 12.1 Å². The average molecular weight is 296 g/mol. The second-order valence-electron chi connectivity index (χ2n) is 4.14. The summed E-state index contributed by atoms with van der Waals surface area (Å²) >= 11 is 0. The van der Waals surface area contributed by atoms with Gasteiger partial charge in [-0.3, -0.25) is 0 Å². The molecule has 0 aliphatic rings. The fourth-order valence-corrected chi connectivity index (χ4v) is 1.65. The van der Waals surface area contributed by atoms with Gasteiger partial charge in [0.05, 0.1) is 18.2 Å². The molecule has 110 valence electrons. The van der Waals surface area contributed by atoms with Crippen molar-refractivity contribution in [2.45, 2.75) is 6.18 Å².